The second-order valence-corrected chi connectivity index (χ2v) is 6.90. The molecule has 1 aromatic carbocycles. The summed E-state index contributed by atoms with van der Waals surface area (Å²) >= 11 is 0. The topological polar surface area (TPSA) is 70.0 Å². The minimum Gasteiger partial charge on any atom is -0.339 e. The first-order valence-corrected chi connectivity index (χ1v) is 8.91. The number of hydrogen-bond donors (Lipinski definition) is 1. The minimum absolute atomic E-state index is 0.236. The highest BCUT2D eigenvalue weighted by Gasteiger charge is 2.35. The van der Waals surface area contributed by atoms with Gasteiger partial charge in [0.15, 0.2) is 5.65 Å². The molecule has 0 amide bonds. The molecule has 4 rings (SSSR count). The van der Waals surface area contributed by atoms with E-state index in [1.807, 2.05) is 30.3 Å². The Bertz CT molecular complexity index is 1030. The van der Waals surface area contributed by atoms with E-state index < -0.39 is 12.7 Å². The van der Waals surface area contributed by atoms with Gasteiger partial charge in [-0.1, -0.05) is 18.2 Å². The van der Waals surface area contributed by atoms with Gasteiger partial charge < -0.3 is 4.90 Å². The number of anilines is 1. The lowest BCUT2D eigenvalue weighted by atomic mass is 10.2. The van der Waals surface area contributed by atoms with Crippen molar-refractivity contribution in [2.75, 3.05) is 31.1 Å². The van der Waals surface area contributed by atoms with Gasteiger partial charge in [0.1, 0.15) is 5.39 Å². The molecule has 148 valence electrons. The third-order valence-corrected chi connectivity index (χ3v) is 4.87. The van der Waals surface area contributed by atoms with Gasteiger partial charge in [0.25, 0.3) is 5.56 Å². The number of nitrogens with zero attached hydrogens (tertiary/aromatic N) is 5. The number of halogens is 3. The van der Waals surface area contributed by atoms with Crippen molar-refractivity contribution in [1.82, 2.24) is 24.6 Å². The van der Waals surface area contributed by atoms with Crippen LogP contribution >= 0.6 is 0 Å². The summed E-state index contributed by atoms with van der Waals surface area (Å²) in [5, 5.41) is 4.62. The largest absolute Gasteiger partial charge is 0.401 e. The standard InChI is InChI=1S/C18H19F3N6O/c1-12-10-25(7-8-26(12)11-18(19,20)21)17-23-15-14(16(28)24-17)9-22-27(15)13-5-3-2-4-6-13/h2-6,9,12H,7-8,10-11H2,1H3,(H,23,24,28). The van der Waals surface area contributed by atoms with Crippen molar-refractivity contribution < 1.29 is 13.2 Å². The molecule has 1 N–H and O–H groups in total. The highest BCUT2D eigenvalue weighted by atomic mass is 19.4. The first-order chi connectivity index (χ1) is 13.3. The molecule has 1 saturated heterocycles. The zero-order valence-electron chi connectivity index (χ0n) is 15.1. The first-order valence-electron chi connectivity index (χ1n) is 8.91. The third-order valence-electron chi connectivity index (χ3n) is 4.87. The summed E-state index contributed by atoms with van der Waals surface area (Å²) < 4.78 is 39.7. The third kappa shape index (κ3) is 3.59. The molecule has 7 nitrogen and oxygen atoms in total. The number of fused-ring (bicyclic) bond motifs is 1. The highest BCUT2D eigenvalue weighted by Crippen LogP contribution is 2.22. The predicted octanol–water partition coefficient (Wildman–Crippen LogP) is 2.18. The van der Waals surface area contributed by atoms with Crippen molar-refractivity contribution in [2.24, 2.45) is 0 Å². The number of para-hydroxylation sites is 1. The van der Waals surface area contributed by atoms with Gasteiger partial charge in [-0.3, -0.25) is 14.7 Å². The quantitative estimate of drug-likeness (QED) is 0.740. The van der Waals surface area contributed by atoms with Gasteiger partial charge in [0, 0.05) is 25.7 Å². The number of rotatable bonds is 3. The molecule has 10 heteroatoms. The number of benzene rings is 1. The molecular formula is C18H19F3N6O. The maximum Gasteiger partial charge on any atom is 0.401 e. The van der Waals surface area contributed by atoms with Crippen LogP contribution < -0.4 is 10.5 Å². The first kappa shape index (κ1) is 18.5. The number of H-pyrrole nitrogens is 1. The number of nitrogens with one attached hydrogen (secondary N) is 1. The zero-order valence-corrected chi connectivity index (χ0v) is 15.1. The minimum atomic E-state index is -4.23. The Kier molecular flexibility index (Phi) is 4.58. The molecule has 0 bridgehead atoms. The molecule has 1 atom stereocenters. The Morgan fingerprint density at radius 1 is 1.21 bits per heavy atom. The predicted molar refractivity (Wildman–Crippen MR) is 98.8 cm³/mol. The molecule has 1 aliphatic heterocycles. The molecule has 0 radical (unpaired) electrons. The van der Waals surface area contributed by atoms with Crippen LogP contribution in [0.2, 0.25) is 0 Å². The summed E-state index contributed by atoms with van der Waals surface area (Å²) in [6, 6.07) is 8.98. The van der Waals surface area contributed by atoms with E-state index in [2.05, 4.69) is 15.1 Å². The fraction of sp³-hybridized carbons (Fsp3) is 0.389. The average Bonchev–Trinajstić information content (AvgIpc) is 3.07. The normalized spacial score (nSPS) is 18.7. The summed E-state index contributed by atoms with van der Waals surface area (Å²) in [4.78, 5) is 23.0. The molecule has 1 unspecified atom stereocenters. The second kappa shape index (κ2) is 6.93. The second-order valence-electron chi connectivity index (χ2n) is 6.90. The highest BCUT2D eigenvalue weighted by molar-refractivity contribution is 5.76. The number of hydrogen-bond acceptors (Lipinski definition) is 5. The molecule has 1 fully saturated rings. The molecule has 3 heterocycles. The van der Waals surface area contributed by atoms with Crippen molar-refractivity contribution in [2.45, 2.75) is 19.1 Å². The number of piperazine rings is 1. The van der Waals surface area contributed by atoms with Crippen LogP contribution in [0.3, 0.4) is 0 Å². The lowest BCUT2D eigenvalue weighted by molar-refractivity contribution is -0.150. The van der Waals surface area contributed by atoms with E-state index in [9.17, 15) is 18.0 Å². The number of aromatic nitrogens is 4. The van der Waals surface area contributed by atoms with Crippen molar-refractivity contribution in [3.8, 4) is 5.69 Å². The fourth-order valence-electron chi connectivity index (χ4n) is 3.47. The molecule has 2 aromatic heterocycles. The van der Waals surface area contributed by atoms with Crippen LogP contribution in [0.5, 0.6) is 0 Å². The molecule has 1 aliphatic rings. The molecule has 0 spiro atoms. The van der Waals surface area contributed by atoms with Gasteiger partial charge >= 0.3 is 6.18 Å². The van der Waals surface area contributed by atoms with E-state index in [-0.39, 0.29) is 18.1 Å². The summed E-state index contributed by atoms with van der Waals surface area (Å²) in [6.07, 6.45) is -2.77. The Hall–Kier alpha value is -2.88. The van der Waals surface area contributed by atoms with E-state index in [1.54, 1.807) is 16.5 Å². The monoisotopic (exact) mass is 392 g/mol. The molecule has 0 saturated carbocycles. The number of alkyl halides is 3. The summed E-state index contributed by atoms with van der Waals surface area (Å²) in [5.74, 6) is 0.341. The van der Waals surface area contributed by atoms with Crippen LogP contribution in [0.4, 0.5) is 19.1 Å². The summed E-state index contributed by atoms with van der Waals surface area (Å²) in [6.45, 7) is 1.72. The Morgan fingerprint density at radius 3 is 2.64 bits per heavy atom. The van der Waals surface area contributed by atoms with Crippen LogP contribution in [0.1, 0.15) is 6.92 Å². The van der Waals surface area contributed by atoms with Gasteiger partial charge in [-0.15, -0.1) is 0 Å². The van der Waals surface area contributed by atoms with Gasteiger partial charge in [-0.2, -0.15) is 23.3 Å². The Labute approximate surface area is 158 Å². The van der Waals surface area contributed by atoms with Crippen LogP contribution in [0.25, 0.3) is 16.7 Å². The van der Waals surface area contributed by atoms with E-state index >= 15 is 0 Å². The lowest BCUT2D eigenvalue weighted by Gasteiger charge is -2.40. The van der Waals surface area contributed by atoms with Crippen LogP contribution in [0, 0.1) is 0 Å². The zero-order chi connectivity index (χ0) is 19.9. The molecule has 3 aromatic rings. The van der Waals surface area contributed by atoms with Gasteiger partial charge in [0.05, 0.1) is 18.4 Å². The average molecular weight is 392 g/mol. The van der Waals surface area contributed by atoms with Crippen molar-refractivity contribution in [3.05, 3.63) is 46.9 Å². The SMILES string of the molecule is CC1CN(c2nc3c(cnn3-c3ccccc3)c(=O)[nH]2)CCN1CC(F)(F)F. The lowest BCUT2D eigenvalue weighted by Crippen LogP contribution is -2.54. The number of aromatic amines is 1. The van der Waals surface area contributed by atoms with Crippen LogP contribution in [0.15, 0.2) is 41.3 Å². The fourth-order valence-corrected chi connectivity index (χ4v) is 3.47. The van der Waals surface area contributed by atoms with Crippen molar-refractivity contribution in [1.29, 1.82) is 0 Å². The maximum atomic E-state index is 12.7. The van der Waals surface area contributed by atoms with Gasteiger partial charge in [0.2, 0.25) is 5.95 Å². The van der Waals surface area contributed by atoms with E-state index in [0.29, 0.717) is 30.1 Å². The Morgan fingerprint density at radius 2 is 1.96 bits per heavy atom. The van der Waals surface area contributed by atoms with Crippen LogP contribution in [-0.4, -0.2) is 63.0 Å². The molecular weight excluding hydrogens is 373 g/mol. The van der Waals surface area contributed by atoms with Gasteiger partial charge in [-0.25, -0.2) is 4.68 Å². The summed E-state index contributed by atoms with van der Waals surface area (Å²) in [5.41, 5.74) is 0.854. The van der Waals surface area contributed by atoms with E-state index in [4.69, 9.17) is 0 Å². The summed E-state index contributed by atoms with van der Waals surface area (Å²) in [7, 11) is 0. The van der Waals surface area contributed by atoms with Gasteiger partial charge in [-0.05, 0) is 19.1 Å². The Balaban J connectivity index is 1.64. The van der Waals surface area contributed by atoms with Crippen molar-refractivity contribution in [3.63, 3.8) is 0 Å². The van der Waals surface area contributed by atoms with Crippen molar-refractivity contribution >= 4 is 17.0 Å². The van der Waals surface area contributed by atoms with Crippen LogP contribution in [-0.2, 0) is 0 Å². The smallest absolute Gasteiger partial charge is 0.339 e. The van der Waals surface area contributed by atoms with E-state index in [0.717, 1.165) is 5.69 Å². The van der Waals surface area contributed by atoms with E-state index in [1.165, 1.54) is 11.1 Å². The molecule has 0 aliphatic carbocycles. The molecule has 28 heavy (non-hydrogen) atoms. The maximum absolute atomic E-state index is 12.7.